The van der Waals surface area contributed by atoms with Crippen LogP contribution in [0, 0.1) is 0 Å². The van der Waals surface area contributed by atoms with Gasteiger partial charge < -0.3 is 15.1 Å². The van der Waals surface area contributed by atoms with Gasteiger partial charge in [-0.25, -0.2) is 9.97 Å². The molecule has 0 saturated carbocycles. The van der Waals surface area contributed by atoms with Gasteiger partial charge >= 0.3 is 0 Å². The molecule has 4 aromatic heterocycles. The second kappa shape index (κ2) is 8.60. The van der Waals surface area contributed by atoms with Crippen LogP contribution >= 0.6 is 0 Å². The lowest BCUT2D eigenvalue weighted by atomic mass is 10.1. The molecule has 0 spiro atoms. The molecule has 0 bridgehead atoms. The van der Waals surface area contributed by atoms with Crippen molar-refractivity contribution in [1.29, 1.82) is 0 Å². The quantitative estimate of drug-likeness (QED) is 0.433. The summed E-state index contributed by atoms with van der Waals surface area (Å²) in [5, 5.41) is 4.41. The number of hydrogen-bond acceptors (Lipinski definition) is 8. The fraction of sp³-hybridized carbons (Fsp3) is 0.200. The minimum absolute atomic E-state index is 0.271. The SMILES string of the molecule is Nc1nc(-c2ccnc(CN3CCN(c4ccccc4)CC3)c2)cc2nc(-c3ccco3)nn12. The van der Waals surface area contributed by atoms with Crippen LogP contribution < -0.4 is 10.6 Å². The van der Waals surface area contributed by atoms with Crippen molar-refractivity contribution in [1.82, 2.24) is 29.5 Å². The minimum Gasteiger partial charge on any atom is -0.461 e. The fourth-order valence-corrected chi connectivity index (χ4v) is 4.33. The average molecular weight is 453 g/mol. The Morgan fingerprint density at radius 1 is 0.912 bits per heavy atom. The van der Waals surface area contributed by atoms with E-state index in [9.17, 15) is 0 Å². The third-order valence-corrected chi connectivity index (χ3v) is 6.08. The number of nitrogens with two attached hydrogens (primary N) is 1. The molecule has 1 fully saturated rings. The Labute approximate surface area is 196 Å². The topological polar surface area (TPSA) is 102 Å². The number of fused-ring (bicyclic) bond motifs is 1. The van der Waals surface area contributed by atoms with Crippen LogP contribution in [0.5, 0.6) is 0 Å². The van der Waals surface area contributed by atoms with Crippen molar-refractivity contribution in [2.75, 3.05) is 36.8 Å². The molecule has 5 heterocycles. The van der Waals surface area contributed by atoms with Crippen molar-refractivity contribution in [3.63, 3.8) is 0 Å². The van der Waals surface area contributed by atoms with Crippen molar-refractivity contribution < 1.29 is 4.42 Å². The summed E-state index contributed by atoms with van der Waals surface area (Å²) in [6.45, 7) is 4.79. The predicted molar refractivity (Wildman–Crippen MR) is 130 cm³/mol. The van der Waals surface area contributed by atoms with Crippen LogP contribution in [-0.4, -0.2) is 55.6 Å². The van der Waals surface area contributed by atoms with E-state index in [1.165, 1.54) is 10.2 Å². The largest absolute Gasteiger partial charge is 0.461 e. The summed E-state index contributed by atoms with van der Waals surface area (Å²) in [5.41, 5.74) is 10.8. The summed E-state index contributed by atoms with van der Waals surface area (Å²) >= 11 is 0. The van der Waals surface area contributed by atoms with Gasteiger partial charge in [-0.05, 0) is 36.4 Å². The van der Waals surface area contributed by atoms with E-state index in [1.54, 1.807) is 12.3 Å². The Morgan fingerprint density at radius 2 is 1.76 bits per heavy atom. The van der Waals surface area contributed by atoms with E-state index in [1.807, 2.05) is 24.4 Å². The molecule has 0 atom stereocenters. The van der Waals surface area contributed by atoms with Crippen LogP contribution in [0.25, 0.3) is 28.5 Å². The summed E-state index contributed by atoms with van der Waals surface area (Å²) in [6, 6.07) is 20.1. The molecule has 1 saturated heterocycles. The maximum Gasteiger partial charge on any atom is 0.223 e. The van der Waals surface area contributed by atoms with Gasteiger partial charge in [-0.1, -0.05) is 18.2 Å². The van der Waals surface area contributed by atoms with Crippen molar-refractivity contribution in [2.24, 2.45) is 0 Å². The van der Waals surface area contributed by atoms with Gasteiger partial charge in [0, 0.05) is 56.2 Å². The lowest BCUT2D eigenvalue weighted by Gasteiger charge is -2.36. The first-order valence-electron chi connectivity index (χ1n) is 11.3. The van der Waals surface area contributed by atoms with E-state index >= 15 is 0 Å². The normalized spacial score (nSPS) is 14.6. The first-order chi connectivity index (χ1) is 16.7. The molecule has 6 rings (SSSR count). The molecule has 170 valence electrons. The summed E-state index contributed by atoms with van der Waals surface area (Å²) in [7, 11) is 0. The number of aromatic nitrogens is 5. The Morgan fingerprint density at radius 3 is 2.56 bits per heavy atom. The van der Waals surface area contributed by atoms with Crippen LogP contribution in [0.3, 0.4) is 0 Å². The number of para-hydroxylation sites is 1. The van der Waals surface area contributed by atoms with Crippen molar-refractivity contribution in [3.05, 3.63) is 78.8 Å². The minimum atomic E-state index is 0.271. The van der Waals surface area contributed by atoms with E-state index in [2.05, 4.69) is 66.2 Å². The zero-order chi connectivity index (χ0) is 22.9. The number of furan rings is 1. The summed E-state index contributed by atoms with van der Waals surface area (Å²) in [6.07, 6.45) is 3.42. The van der Waals surface area contributed by atoms with Crippen LogP contribution in [0.4, 0.5) is 11.6 Å². The van der Waals surface area contributed by atoms with E-state index in [0.717, 1.165) is 49.7 Å². The maximum atomic E-state index is 6.20. The molecule has 0 aliphatic carbocycles. The number of nitrogens with zero attached hydrogens (tertiary/aromatic N) is 7. The van der Waals surface area contributed by atoms with Gasteiger partial charge in [-0.3, -0.25) is 9.88 Å². The third-order valence-electron chi connectivity index (χ3n) is 6.08. The maximum absolute atomic E-state index is 6.20. The van der Waals surface area contributed by atoms with E-state index in [0.29, 0.717) is 17.2 Å². The molecule has 1 aliphatic heterocycles. The number of anilines is 2. The van der Waals surface area contributed by atoms with Crippen molar-refractivity contribution in [2.45, 2.75) is 6.54 Å². The van der Waals surface area contributed by atoms with Crippen LogP contribution in [-0.2, 0) is 6.54 Å². The van der Waals surface area contributed by atoms with Gasteiger partial charge in [0.05, 0.1) is 17.7 Å². The third kappa shape index (κ3) is 3.97. The molecule has 0 radical (unpaired) electrons. The number of pyridine rings is 1. The van der Waals surface area contributed by atoms with Gasteiger partial charge in [-0.15, -0.1) is 5.10 Å². The van der Waals surface area contributed by atoms with E-state index in [-0.39, 0.29) is 5.95 Å². The van der Waals surface area contributed by atoms with Gasteiger partial charge in [0.15, 0.2) is 11.4 Å². The van der Waals surface area contributed by atoms with Gasteiger partial charge in [0.25, 0.3) is 0 Å². The van der Waals surface area contributed by atoms with Gasteiger partial charge in [0.1, 0.15) is 0 Å². The summed E-state index contributed by atoms with van der Waals surface area (Å²) in [5.74, 6) is 1.33. The predicted octanol–water partition coefficient (Wildman–Crippen LogP) is 3.35. The number of piperazine rings is 1. The van der Waals surface area contributed by atoms with Crippen LogP contribution in [0.15, 0.2) is 77.5 Å². The first-order valence-corrected chi connectivity index (χ1v) is 11.3. The first kappa shape index (κ1) is 20.4. The highest BCUT2D eigenvalue weighted by molar-refractivity contribution is 5.66. The molecule has 0 amide bonds. The fourth-order valence-electron chi connectivity index (χ4n) is 4.33. The van der Waals surface area contributed by atoms with Crippen molar-refractivity contribution >= 4 is 17.3 Å². The van der Waals surface area contributed by atoms with Crippen LogP contribution in [0.2, 0.25) is 0 Å². The second-order valence-corrected chi connectivity index (χ2v) is 8.32. The molecule has 1 aliphatic rings. The molecule has 1 aromatic carbocycles. The molecule has 9 heteroatoms. The number of hydrogen-bond donors (Lipinski definition) is 1. The molecule has 0 unspecified atom stereocenters. The van der Waals surface area contributed by atoms with Gasteiger partial charge in [0.2, 0.25) is 11.8 Å². The Bertz CT molecular complexity index is 1410. The summed E-state index contributed by atoms with van der Waals surface area (Å²) in [4.78, 5) is 18.6. The standard InChI is InChI=1S/C25H24N8O/c26-25-28-21(16-23-29-24(30-33(23)25)22-7-4-14-34-22)18-8-9-27-19(15-18)17-31-10-12-32(13-11-31)20-5-2-1-3-6-20/h1-9,14-16H,10-13,17H2,(H2,26,28). The monoisotopic (exact) mass is 452 g/mol. The highest BCUT2D eigenvalue weighted by atomic mass is 16.3. The average Bonchev–Trinajstić information content (AvgIpc) is 3.56. The highest BCUT2D eigenvalue weighted by Crippen LogP contribution is 2.24. The zero-order valence-electron chi connectivity index (χ0n) is 18.6. The number of rotatable bonds is 5. The van der Waals surface area contributed by atoms with Crippen molar-refractivity contribution in [3.8, 4) is 22.8 Å². The molecular formula is C25H24N8O. The molecule has 5 aromatic rings. The molecule has 2 N–H and O–H groups in total. The highest BCUT2D eigenvalue weighted by Gasteiger charge is 2.18. The summed E-state index contributed by atoms with van der Waals surface area (Å²) < 4.78 is 6.93. The number of benzene rings is 1. The van der Waals surface area contributed by atoms with Crippen LogP contribution in [0.1, 0.15) is 5.69 Å². The zero-order valence-corrected chi connectivity index (χ0v) is 18.6. The van der Waals surface area contributed by atoms with E-state index in [4.69, 9.17) is 10.2 Å². The Balaban J connectivity index is 1.19. The lowest BCUT2D eigenvalue weighted by molar-refractivity contribution is 0.247. The Hall–Kier alpha value is -4.24. The lowest BCUT2D eigenvalue weighted by Crippen LogP contribution is -2.46. The molecule has 9 nitrogen and oxygen atoms in total. The molecule has 34 heavy (non-hydrogen) atoms. The molecular weight excluding hydrogens is 428 g/mol. The second-order valence-electron chi connectivity index (χ2n) is 8.32. The van der Waals surface area contributed by atoms with Gasteiger partial charge in [-0.2, -0.15) is 4.52 Å². The smallest absolute Gasteiger partial charge is 0.223 e. The number of nitrogen functional groups attached to an aromatic ring is 1. The van der Waals surface area contributed by atoms with E-state index < -0.39 is 0 Å². The Kier molecular flexibility index (Phi) is 5.15.